The second-order valence-corrected chi connectivity index (χ2v) is 6.39. The van der Waals surface area contributed by atoms with Crippen molar-refractivity contribution in [2.24, 2.45) is 0 Å². The van der Waals surface area contributed by atoms with E-state index in [0.717, 1.165) is 10.2 Å². The molecular formula is C21H15BrO. The highest BCUT2D eigenvalue weighted by molar-refractivity contribution is 9.10. The Morgan fingerprint density at radius 2 is 1.43 bits per heavy atom. The summed E-state index contributed by atoms with van der Waals surface area (Å²) in [4.78, 5) is 0. The lowest BCUT2D eigenvalue weighted by Gasteiger charge is -2.13. The predicted molar refractivity (Wildman–Crippen MR) is 101 cm³/mol. The monoisotopic (exact) mass is 362 g/mol. The molecule has 2 heteroatoms. The van der Waals surface area contributed by atoms with E-state index in [9.17, 15) is 0 Å². The molecule has 0 spiro atoms. The second-order valence-electron chi connectivity index (χ2n) is 5.54. The molecule has 0 unspecified atom stereocenters. The van der Waals surface area contributed by atoms with Gasteiger partial charge in [-0.15, -0.1) is 0 Å². The molecule has 4 aromatic rings. The van der Waals surface area contributed by atoms with Crippen molar-refractivity contribution in [3.8, 4) is 16.9 Å². The summed E-state index contributed by atoms with van der Waals surface area (Å²) >= 11 is 3.69. The Labute approximate surface area is 143 Å². The molecule has 0 saturated carbocycles. The average molecular weight is 363 g/mol. The van der Waals surface area contributed by atoms with Gasteiger partial charge in [-0.3, -0.25) is 0 Å². The summed E-state index contributed by atoms with van der Waals surface area (Å²) in [6.45, 7) is 0. The minimum Gasteiger partial charge on any atom is -0.497 e. The van der Waals surface area contributed by atoms with E-state index in [4.69, 9.17) is 4.74 Å². The van der Waals surface area contributed by atoms with Gasteiger partial charge in [0.2, 0.25) is 0 Å². The third-order valence-electron chi connectivity index (χ3n) is 4.23. The van der Waals surface area contributed by atoms with Gasteiger partial charge in [0.05, 0.1) is 7.11 Å². The lowest BCUT2D eigenvalue weighted by molar-refractivity contribution is 0.415. The smallest absolute Gasteiger partial charge is 0.119 e. The lowest BCUT2D eigenvalue weighted by Crippen LogP contribution is -1.87. The van der Waals surface area contributed by atoms with E-state index in [1.54, 1.807) is 7.11 Å². The average Bonchev–Trinajstić information content (AvgIpc) is 2.61. The molecule has 0 aliphatic rings. The molecule has 0 N–H and O–H groups in total. The van der Waals surface area contributed by atoms with Crippen LogP contribution in [0.5, 0.6) is 5.75 Å². The van der Waals surface area contributed by atoms with Crippen LogP contribution in [0.3, 0.4) is 0 Å². The van der Waals surface area contributed by atoms with Gasteiger partial charge in [-0.05, 0) is 56.9 Å². The van der Waals surface area contributed by atoms with Gasteiger partial charge in [0.1, 0.15) is 5.75 Å². The number of hydrogen-bond acceptors (Lipinski definition) is 1. The number of methoxy groups -OCH3 is 1. The van der Waals surface area contributed by atoms with E-state index >= 15 is 0 Å². The van der Waals surface area contributed by atoms with Gasteiger partial charge in [-0.2, -0.15) is 0 Å². The van der Waals surface area contributed by atoms with E-state index in [1.807, 2.05) is 12.1 Å². The quantitative estimate of drug-likeness (QED) is 0.373. The van der Waals surface area contributed by atoms with E-state index in [0.29, 0.717) is 0 Å². The summed E-state index contributed by atoms with van der Waals surface area (Å²) in [7, 11) is 1.71. The Hall–Kier alpha value is -2.32. The molecule has 0 aliphatic carbocycles. The zero-order valence-electron chi connectivity index (χ0n) is 12.7. The molecule has 0 heterocycles. The Morgan fingerprint density at radius 1 is 0.696 bits per heavy atom. The first-order chi connectivity index (χ1) is 11.3. The molecule has 0 saturated heterocycles. The van der Waals surface area contributed by atoms with Gasteiger partial charge in [0.25, 0.3) is 0 Å². The van der Waals surface area contributed by atoms with Crippen LogP contribution in [0.25, 0.3) is 32.7 Å². The molecule has 0 aliphatic heterocycles. The molecule has 0 bridgehead atoms. The maximum atomic E-state index is 5.40. The highest BCUT2D eigenvalue weighted by Gasteiger charge is 2.11. The molecule has 0 atom stereocenters. The predicted octanol–water partition coefficient (Wildman–Crippen LogP) is 6.43. The molecule has 0 aromatic heterocycles. The number of halogens is 1. The van der Waals surface area contributed by atoms with Crippen LogP contribution in [-0.4, -0.2) is 7.11 Å². The zero-order chi connectivity index (χ0) is 15.8. The summed E-state index contributed by atoms with van der Waals surface area (Å²) in [5.41, 5.74) is 2.45. The van der Waals surface area contributed by atoms with Crippen molar-refractivity contribution in [2.75, 3.05) is 7.11 Å². The molecular weight excluding hydrogens is 348 g/mol. The van der Waals surface area contributed by atoms with Crippen LogP contribution < -0.4 is 4.74 Å². The number of rotatable bonds is 2. The Kier molecular flexibility index (Phi) is 3.55. The first-order valence-corrected chi connectivity index (χ1v) is 8.31. The van der Waals surface area contributed by atoms with Gasteiger partial charge < -0.3 is 4.74 Å². The van der Waals surface area contributed by atoms with E-state index in [1.165, 1.54) is 32.7 Å². The van der Waals surface area contributed by atoms with E-state index < -0.39 is 0 Å². The topological polar surface area (TPSA) is 9.23 Å². The van der Waals surface area contributed by atoms with Crippen LogP contribution in [0.15, 0.2) is 77.3 Å². The van der Waals surface area contributed by atoms with Crippen molar-refractivity contribution in [1.29, 1.82) is 0 Å². The third-order valence-corrected chi connectivity index (χ3v) is 4.92. The number of benzene rings is 4. The summed E-state index contributed by atoms with van der Waals surface area (Å²) in [5, 5.41) is 4.93. The summed E-state index contributed by atoms with van der Waals surface area (Å²) < 4.78 is 6.51. The maximum absolute atomic E-state index is 5.40. The Bertz CT molecular complexity index is 1020. The van der Waals surface area contributed by atoms with Crippen molar-refractivity contribution in [1.82, 2.24) is 0 Å². The van der Waals surface area contributed by atoms with Crippen molar-refractivity contribution >= 4 is 37.5 Å². The van der Waals surface area contributed by atoms with Gasteiger partial charge in [-0.25, -0.2) is 0 Å². The molecule has 112 valence electrons. The fourth-order valence-corrected chi connectivity index (χ4v) is 3.61. The zero-order valence-corrected chi connectivity index (χ0v) is 14.3. The summed E-state index contributed by atoms with van der Waals surface area (Å²) in [5.74, 6) is 0.885. The van der Waals surface area contributed by atoms with E-state index in [-0.39, 0.29) is 0 Å². The van der Waals surface area contributed by atoms with Gasteiger partial charge in [0.15, 0.2) is 0 Å². The standard InChI is InChI=1S/C21H15BrO/c1-23-15-11-10-14-12-20(18-8-4-5-9-21(18)22)17-7-3-2-6-16(17)19(14)13-15/h2-13H,1H3. The van der Waals surface area contributed by atoms with Crippen molar-refractivity contribution < 1.29 is 4.74 Å². The fourth-order valence-electron chi connectivity index (χ4n) is 3.11. The largest absolute Gasteiger partial charge is 0.497 e. The third kappa shape index (κ3) is 2.40. The van der Waals surface area contributed by atoms with Crippen LogP contribution in [0.1, 0.15) is 0 Å². The summed E-state index contributed by atoms with van der Waals surface area (Å²) in [6.07, 6.45) is 0. The minimum absolute atomic E-state index is 0.885. The van der Waals surface area contributed by atoms with Crippen LogP contribution in [0.2, 0.25) is 0 Å². The van der Waals surface area contributed by atoms with Gasteiger partial charge in [0, 0.05) is 4.47 Å². The number of hydrogen-bond donors (Lipinski definition) is 0. The molecule has 1 nitrogen and oxygen atoms in total. The van der Waals surface area contributed by atoms with E-state index in [2.05, 4.69) is 76.6 Å². The fraction of sp³-hybridized carbons (Fsp3) is 0.0476. The normalized spacial score (nSPS) is 11.0. The van der Waals surface area contributed by atoms with Crippen LogP contribution in [0, 0.1) is 0 Å². The first kappa shape index (κ1) is 14.3. The number of ether oxygens (including phenoxy) is 1. The number of fused-ring (bicyclic) bond motifs is 3. The highest BCUT2D eigenvalue weighted by atomic mass is 79.9. The minimum atomic E-state index is 0.885. The molecule has 4 rings (SSSR count). The van der Waals surface area contributed by atoms with Crippen LogP contribution in [0.4, 0.5) is 0 Å². The molecule has 23 heavy (non-hydrogen) atoms. The SMILES string of the molecule is COc1ccc2cc(-c3ccccc3Br)c3ccccc3c2c1. The maximum Gasteiger partial charge on any atom is 0.119 e. The Morgan fingerprint density at radius 3 is 2.22 bits per heavy atom. The lowest BCUT2D eigenvalue weighted by atomic mass is 9.93. The molecule has 0 radical (unpaired) electrons. The molecule has 0 fully saturated rings. The first-order valence-electron chi connectivity index (χ1n) is 7.52. The van der Waals surface area contributed by atoms with Crippen LogP contribution in [-0.2, 0) is 0 Å². The van der Waals surface area contributed by atoms with Crippen molar-refractivity contribution in [3.05, 3.63) is 77.3 Å². The molecule has 4 aromatic carbocycles. The Balaban J connectivity index is 2.14. The highest BCUT2D eigenvalue weighted by Crippen LogP contribution is 2.38. The van der Waals surface area contributed by atoms with Gasteiger partial charge >= 0.3 is 0 Å². The summed E-state index contributed by atoms with van der Waals surface area (Å²) in [6, 6.07) is 25.4. The van der Waals surface area contributed by atoms with Crippen LogP contribution >= 0.6 is 15.9 Å². The molecule has 0 amide bonds. The second kappa shape index (κ2) is 5.71. The van der Waals surface area contributed by atoms with Crippen molar-refractivity contribution in [2.45, 2.75) is 0 Å². The van der Waals surface area contributed by atoms with Crippen molar-refractivity contribution in [3.63, 3.8) is 0 Å². The van der Waals surface area contributed by atoms with Gasteiger partial charge in [-0.1, -0.05) is 64.5 Å².